The highest BCUT2D eigenvalue weighted by atomic mass is 19.4. The van der Waals surface area contributed by atoms with Crippen LogP contribution in [0.1, 0.15) is 47.6 Å². The highest BCUT2D eigenvalue weighted by Crippen LogP contribution is 2.31. The van der Waals surface area contributed by atoms with Crippen LogP contribution in [-0.4, -0.2) is 51.9 Å². The highest BCUT2D eigenvalue weighted by Gasteiger charge is 2.33. The van der Waals surface area contributed by atoms with Gasteiger partial charge in [0, 0.05) is 24.4 Å². The molecule has 1 aliphatic rings. The zero-order valence-electron chi connectivity index (χ0n) is 17.8. The van der Waals surface area contributed by atoms with E-state index in [0.29, 0.717) is 29.6 Å². The number of anilines is 1. The Labute approximate surface area is 183 Å². The summed E-state index contributed by atoms with van der Waals surface area (Å²) in [6, 6.07) is 4.93. The number of carbonyl (C=O) groups is 1. The van der Waals surface area contributed by atoms with Crippen molar-refractivity contribution < 1.29 is 22.7 Å². The topological polar surface area (TPSA) is 71.8 Å². The number of nitrogens with one attached hydrogen (secondary N) is 1. The lowest BCUT2D eigenvalue weighted by Crippen LogP contribution is -2.29. The van der Waals surface area contributed by atoms with Gasteiger partial charge in [-0.2, -0.15) is 13.2 Å². The van der Waals surface area contributed by atoms with E-state index in [1.54, 1.807) is 23.6 Å². The lowest BCUT2D eigenvalue weighted by atomic mass is 9.94. The molecule has 1 N–H and O–H groups in total. The van der Waals surface area contributed by atoms with Crippen molar-refractivity contribution in [3.05, 3.63) is 53.7 Å². The largest absolute Gasteiger partial charge is 0.491 e. The number of ether oxygens (including phenoxy) is 1. The molecule has 0 radical (unpaired) electrons. The Morgan fingerprint density at radius 3 is 2.66 bits per heavy atom. The van der Waals surface area contributed by atoms with Crippen LogP contribution in [0.15, 0.2) is 36.7 Å². The fourth-order valence-corrected chi connectivity index (χ4v) is 3.81. The van der Waals surface area contributed by atoms with E-state index in [1.807, 2.05) is 6.20 Å². The third-order valence-electron chi connectivity index (χ3n) is 5.53. The van der Waals surface area contributed by atoms with E-state index in [1.165, 1.54) is 6.07 Å². The zero-order valence-corrected chi connectivity index (χ0v) is 17.8. The summed E-state index contributed by atoms with van der Waals surface area (Å²) in [5.41, 5.74) is 0.528. The van der Waals surface area contributed by atoms with Crippen molar-refractivity contribution in [2.75, 3.05) is 32.1 Å². The molecule has 0 saturated carbocycles. The van der Waals surface area contributed by atoms with E-state index in [-0.39, 0.29) is 5.69 Å². The monoisotopic (exact) mass is 447 g/mol. The smallest absolute Gasteiger partial charge is 0.433 e. The Balaban J connectivity index is 1.62. The summed E-state index contributed by atoms with van der Waals surface area (Å²) in [6.45, 7) is 4.17. The van der Waals surface area contributed by atoms with Crippen LogP contribution in [0.4, 0.5) is 18.9 Å². The number of rotatable bonds is 5. The number of aromatic nitrogens is 3. The van der Waals surface area contributed by atoms with Gasteiger partial charge in [0.1, 0.15) is 28.5 Å². The number of nitrogens with zero attached hydrogens (tertiary/aromatic N) is 4. The predicted molar refractivity (Wildman–Crippen MR) is 113 cm³/mol. The SMILES string of the molecule is CCOc1cc2nc(C3CCN(C)CC3)cn2cc1NC(=O)c1cccc(C(F)(F)F)n1. The number of likely N-dealkylation sites (tertiary alicyclic amines) is 1. The van der Waals surface area contributed by atoms with Gasteiger partial charge in [-0.05, 0) is 52.0 Å². The van der Waals surface area contributed by atoms with Gasteiger partial charge >= 0.3 is 6.18 Å². The lowest BCUT2D eigenvalue weighted by Gasteiger charge is -2.27. The average molecular weight is 447 g/mol. The number of fused-ring (bicyclic) bond motifs is 1. The molecule has 1 fully saturated rings. The Kier molecular flexibility index (Phi) is 6.05. The number of imidazole rings is 1. The molecule has 3 aromatic heterocycles. The third kappa shape index (κ3) is 4.69. The van der Waals surface area contributed by atoms with Gasteiger partial charge in [-0.15, -0.1) is 0 Å². The van der Waals surface area contributed by atoms with Gasteiger partial charge in [0.25, 0.3) is 5.91 Å². The molecule has 3 aromatic rings. The normalized spacial score (nSPS) is 15.8. The van der Waals surface area contributed by atoms with E-state index >= 15 is 0 Å². The van der Waals surface area contributed by atoms with Gasteiger partial charge in [-0.25, -0.2) is 9.97 Å². The van der Waals surface area contributed by atoms with Crippen LogP contribution in [0, 0.1) is 0 Å². The van der Waals surface area contributed by atoms with Gasteiger partial charge in [0.05, 0.1) is 12.3 Å². The van der Waals surface area contributed by atoms with Crippen molar-refractivity contribution >= 4 is 17.2 Å². The molecule has 1 aliphatic heterocycles. The summed E-state index contributed by atoms with van der Waals surface area (Å²) >= 11 is 0. The molecular formula is C22H24F3N5O2. The molecule has 170 valence electrons. The third-order valence-corrected chi connectivity index (χ3v) is 5.53. The van der Waals surface area contributed by atoms with Crippen molar-refractivity contribution in [3.8, 4) is 5.75 Å². The zero-order chi connectivity index (χ0) is 22.9. The maximum Gasteiger partial charge on any atom is 0.433 e. The van der Waals surface area contributed by atoms with Crippen molar-refractivity contribution in [3.63, 3.8) is 0 Å². The van der Waals surface area contributed by atoms with Crippen LogP contribution in [0.2, 0.25) is 0 Å². The summed E-state index contributed by atoms with van der Waals surface area (Å²) in [5.74, 6) is -0.0121. The molecule has 0 aliphatic carbocycles. The summed E-state index contributed by atoms with van der Waals surface area (Å²) in [7, 11) is 2.10. The first kappa shape index (κ1) is 22.1. The fourth-order valence-electron chi connectivity index (χ4n) is 3.81. The quantitative estimate of drug-likeness (QED) is 0.635. The van der Waals surface area contributed by atoms with Crippen molar-refractivity contribution in [1.82, 2.24) is 19.3 Å². The molecule has 7 nitrogen and oxygen atoms in total. The standard InChI is InChI=1S/C22H24F3N5O2/c1-3-32-18-11-20-27-16(14-7-9-29(2)10-8-14)12-30(20)13-17(18)28-21(31)15-5-4-6-19(26-15)22(23,24)25/h4-6,11-14H,3,7-10H2,1-2H3,(H,28,31). The second kappa shape index (κ2) is 8.78. The van der Waals surface area contributed by atoms with Gasteiger partial charge in [-0.3, -0.25) is 4.79 Å². The van der Waals surface area contributed by atoms with Gasteiger partial charge in [0.15, 0.2) is 0 Å². The van der Waals surface area contributed by atoms with Crippen molar-refractivity contribution in [2.45, 2.75) is 31.9 Å². The molecule has 0 unspecified atom stereocenters. The average Bonchev–Trinajstić information content (AvgIpc) is 3.17. The molecule has 4 rings (SSSR count). The predicted octanol–water partition coefficient (Wildman–Crippen LogP) is 4.21. The van der Waals surface area contributed by atoms with Crippen molar-refractivity contribution in [2.24, 2.45) is 0 Å². The first-order valence-corrected chi connectivity index (χ1v) is 10.4. The molecule has 4 heterocycles. The maximum absolute atomic E-state index is 12.9. The molecule has 0 bridgehead atoms. The Hall–Kier alpha value is -3.14. The Morgan fingerprint density at radius 1 is 1.22 bits per heavy atom. The molecule has 0 aromatic carbocycles. The first-order valence-electron chi connectivity index (χ1n) is 10.4. The van der Waals surface area contributed by atoms with Gasteiger partial charge < -0.3 is 19.4 Å². The Morgan fingerprint density at radius 2 is 1.97 bits per heavy atom. The summed E-state index contributed by atoms with van der Waals surface area (Å²) in [4.78, 5) is 23.1. The number of amides is 1. The minimum Gasteiger partial charge on any atom is -0.491 e. The summed E-state index contributed by atoms with van der Waals surface area (Å²) in [5, 5.41) is 2.63. The van der Waals surface area contributed by atoms with Crippen LogP contribution in [0.5, 0.6) is 5.75 Å². The molecular weight excluding hydrogens is 423 g/mol. The number of carbonyl (C=O) groups excluding carboxylic acids is 1. The van der Waals surface area contributed by atoms with E-state index in [4.69, 9.17) is 9.72 Å². The number of piperidine rings is 1. The maximum atomic E-state index is 12.9. The number of pyridine rings is 2. The van der Waals surface area contributed by atoms with Crippen LogP contribution in [0.25, 0.3) is 5.65 Å². The molecule has 0 spiro atoms. The number of halogens is 3. The molecule has 32 heavy (non-hydrogen) atoms. The fraction of sp³-hybridized carbons (Fsp3) is 0.409. The van der Waals surface area contributed by atoms with Gasteiger partial charge in [0.2, 0.25) is 0 Å². The summed E-state index contributed by atoms with van der Waals surface area (Å²) < 4.78 is 46.3. The number of alkyl halides is 3. The Bertz CT molecular complexity index is 1120. The van der Waals surface area contributed by atoms with Gasteiger partial charge in [-0.1, -0.05) is 6.07 Å². The van der Waals surface area contributed by atoms with E-state index in [2.05, 4.69) is 22.2 Å². The lowest BCUT2D eigenvalue weighted by molar-refractivity contribution is -0.141. The van der Waals surface area contributed by atoms with E-state index < -0.39 is 17.8 Å². The minimum absolute atomic E-state index is 0.330. The summed E-state index contributed by atoms with van der Waals surface area (Å²) in [6.07, 6.45) is 0.996. The highest BCUT2D eigenvalue weighted by molar-refractivity contribution is 6.03. The van der Waals surface area contributed by atoms with Crippen LogP contribution < -0.4 is 10.1 Å². The minimum atomic E-state index is -4.63. The molecule has 10 heteroatoms. The molecule has 0 atom stereocenters. The molecule has 1 amide bonds. The molecule has 1 saturated heterocycles. The van der Waals surface area contributed by atoms with Crippen molar-refractivity contribution in [1.29, 1.82) is 0 Å². The van der Waals surface area contributed by atoms with Crippen LogP contribution in [-0.2, 0) is 6.18 Å². The second-order valence-corrected chi connectivity index (χ2v) is 7.85. The second-order valence-electron chi connectivity index (χ2n) is 7.85. The number of hydrogen-bond acceptors (Lipinski definition) is 5. The van der Waals surface area contributed by atoms with Crippen LogP contribution in [0.3, 0.4) is 0 Å². The van der Waals surface area contributed by atoms with E-state index in [9.17, 15) is 18.0 Å². The van der Waals surface area contributed by atoms with Crippen LogP contribution >= 0.6 is 0 Å². The number of hydrogen-bond donors (Lipinski definition) is 1. The first-order chi connectivity index (χ1) is 15.2. The van der Waals surface area contributed by atoms with E-state index in [0.717, 1.165) is 43.8 Å².